The van der Waals surface area contributed by atoms with Crippen LogP contribution < -0.4 is 10.2 Å². The summed E-state index contributed by atoms with van der Waals surface area (Å²) >= 11 is 6.15. The smallest absolute Gasteiger partial charge is 0.101 e. The van der Waals surface area contributed by atoms with E-state index in [1.807, 2.05) is 18.2 Å². The first-order valence-corrected chi connectivity index (χ1v) is 7.35. The van der Waals surface area contributed by atoms with Crippen LogP contribution in [0.2, 0.25) is 5.02 Å². The van der Waals surface area contributed by atoms with Crippen LogP contribution in [0.1, 0.15) is 31.2 Å². The topological polar surface area (TPSA) is 39.1 Å². The predicted octanol–water partition coefficient (Wildman–Crippen LogP) is 2.93. The molecule has 3 nitrogen and oxygen atoms in total. The Hall–Kier alpha value is -1.24. The molecule has 1 unspecified atom stereocenters. The first-order chi connectivity index (χ1) is 9.28. The Kier molecular flexibility index (Phi) is 3.63. The fraction of sp³-hybridized carbons (Fsp3) is 0.533. The van der Waals surface area contributed by atoms with Gasteiger partial charge in [0.2, 0.25) is 0 Å². The second-order valence-electron chi connectivity index (χ2n) is 5.45. The van der Waals surface area contributed by atoms with Crippen LogP contribution in [0.5, 0.6) is 0 Å². The van der Waals surface area contributed by atoms with Gasteiger partial charge >= 0.3 is 0 Å². The lowest BCUT2D eigenvalue weighted by Crippen LogP contribution is -2.38. The van der Waals surface area contributed by atoms with E-state index in [1.54, 1.807) is 0 Å². The van der Waals surface area contributed by atoms with E-state index in [-0.39, 0.29) is 0 Å². The van der Waals surface area contributed by atoms with Crippen molar-refractivity contribution in [2.24, 2.45) is 0 Å². The maximum Gasteiger partial charge on any atom is 0.101 e. The highest BCUT2D eigenvalue weighted by Crippen LogP contribution is 2.34. The molecule has 0 bridgehead atoms. The quantitative estimate of drug-likeness (QED) is 0.918. The lowest BCUT2D eigenvalue weighted by Gasteiger charge is -2.28. The molecular weight excluding hydrogens is 258 g/mol. The van der Waals surface area contributed by atoms with Gasteiger partial charge in [-0.05, 0) is 50.4 Å². The van der Waals surface area contributed by atoms with Gasteiger partial charge in [-0.15, -0.1) is 0 Å². The number of nitrogens with one attached hydrogen (secondary N) is 1. The summed E-state index contributed by atoms with van der Waals surface area (Å²) in [5, 5.41) is 13.1. The summed E-state index contributed by atoms with van der Waals surface area (Å²) in [4.78, 5) is 2.45. The molecule has 1 saturated carbocycles. The van der Waals surface area contributed by atoms with E-state index < -0.39 is 0 Å². The zero-order valence-corrected chi connectivity index (χ0v) is 11.7. The lowest BCUT2D eigenvalue weighted by atomic mass is 10.1. The Balaban J connectivity index is 1.79. The number of nitriles is 1. The number of nitrogens with zero attached hydrogens (tertiary/aromatic N) is 2. The zero-order chi connectivity index (χ0) is 13.2. The Morgan fingerprint density at radius 2 is 2.21 bits per heavy atom. The minimum Gasteiger partial charge on any atom is -0.367 e. The molecule has 1 aromatic rings. The van der Waals surface area contributed by atoms with Crippen LogP contribution in [0, 0.1) is 11.3 Å². The molecule has 1 N–H and O–H groups in total. The van der Waals surface area contributed by atoms with Crippen molar-refractivity contribution in [3.63, 3.8) is 0 Å². The average molecular weight is 276 g/mol. The van der Waals surface area contributed by atoms with Crippen LogP contribution in [0.4, 0.5) is 5.69 Å². The molecule has 2 aliphatic rings. The van der Waals surface area contributed by atoms with Gasteiger partial charge in [-0.3, -0.25) is 0 Å². The highest BCUT2D eigenvalue weighted by molar-refractivity contribution is 6.32. The Morgan fingerprint density at radius 3 is 2.79 bits per heavy atom. The van der Waals surface area contributed by atoms with E-state index in [2.05, 4.69) is 16.3 Å². The first kappa shape index (κ1) is 12.8. The third kappa shape index (κ3) is 2.86. The number of benzene rings is 1. The largest absolute Gasteiger partial charge is 0.367 e. The minimum atomic E-state index is 0.556. The number of hydrogen-bond acceptors (Lipinski definition) is 3. The van der Waals surface area contributed by atoms with Crippen LogP contribution >= 0.6 is 11.6 Å². The molecule has 1 atom stereocenters. The molecule has 1 aromatic carbocycles. The van der Waals surface area contributed by atoms with Crippen molar-refractivity contribution in [3.05, 3.63) is 28.8 Å². The van der Waals surface area contributed by atoms with Gasteiger partial charge in [-0.25, -0.2) is 0 Å². The van der Waals surface area contributed by atoms with Crippen molar-refractivity contribution in [1.29, 1.82) is 5.26 Å². The summed E-state index contributed by atoms with van der Waals surface area (Å²) in [6.07, 6.45) is 5.07. The van der Waals surface area contributed by atoms with E-state index in [0.717, 1.165) is 18.8 Å². The summed E-state index contributed by atoms with van der Waals surface area (Å²) in [7, 11) is 0. The van der Waals surface area contributed by atoms with Crippen molar-refractivity contribution in [2.75, 3.05) is 18.0 Å². The number of anilines is 1. The number of halogens is 1. The highest BCUT2D eigenvalue weighted by atomic mass is 35.5. The fourth-order valence-corrected chi connectivity index (χ4v) is 2.99. The van der Waals surface area contributed by atoms with E-state index in [0.29, 0.717) is 22.7 Å². The van der Waals surface area contributed by atoms with Crippen molar-refractivity contribution >= 4 is 17.3 Å². The second-order valence-corrected chi connectivity index (χ2v) is 5.86. The molecule has 1 heterocycles. The minimum absolute atomic E-state index is 0.556. The lowest BCUT2D eigenvalue weighted by molar-refractivity contribution is 0.579. The van der Waals surface area contributed by atoms with Gasteiger partial charge in [0.15, 0.2) is 0 Å². The van der Waals surface area contributed by atoms with Crippen LogP contribution in [-0.2, 0) is 0 Å². The molecule has 4 heteroatoms. The van der Waals surface area contributed by atoms with Gasteiger partial charge in [0, 0.05) is 24.3 Å². The maximum atomic E-state index is 8.94. The summed E-state index contributed by atoms with van der Waals surface area (Å²) in [6.45, 7) is 2.18. The summed E-state index contributed by atoms with van der Waals surface area (Å²) < 4.78 is 0. The molecule has 3 rings (SSSR count). The molecule has 19 heavy (non-hydrogen) atoms. The third-order valence-corrected chi connectivity index (χ3v) is 4.28. The van der Waals surface area contributed by atoms with Gasteiger partial charge in [-0.2, -0.15) is 5.26 Å². The molecule has 100 valence electrons. The molecule has 0 spiro atoms. The summed E-state index contributed by atoms with van der Waals surface area (Å²) in [5.74, 6) is 0. The van der Waals surface area contributed by atoms with E-state index >= 15 is 0 Å². The summed E-state index contributed by atoms with van der Waals surface area (Å²) in [5.41, 5.74) is 1.71. The molecule has 1 aliphatic carbocycles. The predicted molar refractivity (Wildman–Crippen MR) is 77.6 cm³/mol. The van der Waals surface area contributed by atoms with Gasteiger partial charge < -0.3 is 10.2 Å². The monoisotopic (exact) mass is 275 g/mol. The van der Waals surface area contributed by atoms with Crippen LogP contribution in [0.3, 0.4) is 0 Å². The number of hydrogen-bond donors (Lipinski definition) is 1. The maximum absolute atomic E-state index is 8.94. The van der Waals surface area contributed by atoms with Crippen molar-refractivity contribution in [1.82, 2.24) is 5.32 Å². The molecule has 2 fully saturated rings. The second kappa shape index (κ2) is 5.40. The van der Waals surface area contributed by atoms with Gasteiger partial charge in [0.25, 0.3) is 0 Å². The van der Waals surface area contributed by atoms with E-state index in [4.69, 9.17) is 16.9 Å². The van der Waals surface area contributed by atoms with Crippen LogP contribution in [0.25, 0.3) is 0 Å². The number of rotatable bonds is 4. The van der Waals surface area contributed by atoms with Gasteiger partial charge in [0.05, 0.1) is 10.6 Å². The standard InChI is InChI=1S/C15H18ClN3/c16-15-8-14(4-3-11(15)9-17)19(13-5-6-13)10-12-2-1-7-18-12/h3-4,8,12-13,18H,1-2,5-7,10H2. The van der Waals surface area contributed by atoms with Gasteiger partial charge in [-0.1, -0.05) is 11.6 Å². The Labute approximate surface area is 119 Å². The molecule has 0 radical (unpaired) electrons. The summed E-state index contributed by atoms with van der Waals surface area (Å²) in [6, 6.07) is 9.16. The fourth-order valence-electron chi connectivity index (χ4n) is 2.77. The van der Waals surface area contributed by atoms with Crippen molar-refractivity contribution < 1.29 is 0 Å². The molecule has 1 aliphatic heterocycles. The SMILES string of the molecule is N#Cc1ccc(N(CC2CCCN2)C2CC2)cc1Cl. The van der Waals surface area contributed by atoms with E-state index in [9.17, 15) is 0 Å². The van der Waals surface area contributed by atoms with Crippen molar-refractivity contribution in [3.8, 4) is 6.07 Å². The van der Waals surface area contributed by atoms with E-state index in [1.165, 1.54) is 25.7 Å². The molecule has 1 saturated heterocycles. The van der Waals surface area contributed by atoms with Crippen LogP contribution in [-0.4, -0.2) is 25.2 Å². The Morgan fingerprint density at radius 1 is 1.37 bits per heavy atom. The highest BCUT2D eigenvalue weighted by Gasteiger charge is 2.31. The normalized spacial score (nSPS) is 22.2. The third-order valence-electron chi connectivity index (χ3n) is 3.97. The van der Waals surface area contributed by atoms with Crippen molar-refractivity contribution in [2.45, 2.75) is 37.8 Å². The Bertz CT molecular complexity index is 499. The molecule has 0 aromatic heterocycles. The average Bonchev–Trinajstić information content (AvgIpc) is 3.13. The first-order valence-electron chi connectivity index (χ1n) is 6.97. The zero-order valence-electron chi connectivity index (χ0n) is 10.9. The molecule has 0 amide bonds. The van der Waals surface area contributed by atoms with Crippen LogP contribution in [0.15, 0.2) is 18.2 Å². The van der Waals surface area contributed by atoms with Gasteiger partial charge in [0.1, 0.15) is 6.07 Å². The molecular formula is C15H18ClN3.